The number of hydrogen-bond donors (Lipinski definition) is 2. The fourth-order valence-corrected chi connectivity index (χ4v) is 2.08. The van der Waals surface area contributed by atoms with Gasteiger partial charge >= 0.3 is 0 Å². The van der Waals surface area contributed by atoms with Gasteiger partial charge in [0.05, 0.1) is 0 Å². The summed E-state index contributed by atoms with van der Waals surface area (Å²) in [6.45, 7) is 4.17. The fraction of sp³-hybridized carbons (Fsp3) is 0.455. The van der Waals surface area contributed by atoms with Crippen LogP contribution < -0.4 is 5.32 Å². The van der Waals surface area contributed by atoms with Gasteiger partial charge in [-0.1, -0.05) is 11.6 Å². The lowest BCUT2D eigenvalue weighted by Gasteiger charge is -2.27. The van der Waals surface area contributed by atoms with Crippen LogP contribution in [0.4, 0.5) is 4.39 Å². The van der Waals surface area contributed by atoms with Gasteiger partial charge in [0, 0.05) is 43.3 Å². The summed E-state index contributed by atoms with van der Waals surface area (Å²) in [4.78, 5) is 2.15. The lowest BCUT2D eigenvalue weighted by atomic mass is 10.1. The van der Waals surface area contributed by atoms with Gasteiger partial charge in [-0.05, 0) is 12.1 Å². The van der Waals surface area contributed by atoms with Crippen molar-refractivity contribution < 1.29 is 9.50 Å². The number of nitrogens with one attached hydrogen (secondary N) is 1. The predicted octanol–water partition coefficient (Wildman–Crippen LogP) is 1.59. The highest BCUT2D eigenvalue weighted by Crippen LogP contribution is 2.26. The van der Waals surface area contributed by atoms with Crippen molar-refractivity contribution in [2.45, 2.75) is 6.54 Å². The van der Waals surface area contributed by atoms with E-state index in [0.29, 0.717) is 17.1 Å². The van der Waals surface area contributed by atoms with Crippen molar-refractivity contribution in [1.82, 2.24) is 10.2 Å². The van der Waals surface area contributed by atoms with Crippen LogP contribution in [-0.4, -0.2) is 36.2 Å². The third-order valence-corrected chi connectivity index (χ3v) is 2.93. The molecule has 1 aromatic carbocycles. The standard InChI is InChI=1S/C11H14ClFN2O/c12-9-5-8(11(16)10(13)6-9)7-15-3-1-14-2-4-15/h5-6,14,16H,1-4,7H2. The molecule has 1 heterocycles. The van der Waals surface area contributed by atoms with Gasteiger partial charge in [-0.15, -0.1) is 0 Å². The van der Waals surface area contributed by atoms with Crippen LogP contribution in [0.3, 0.4) is 0 Å². The molecule has 16 heavy (non-hydrogen) atoms. The number of phenols is 1. The van der Waals surface area contributed by atoms with E-state index in [4.69, 9.17) is 11.6 Å². The van der Waals surface area contributed by atoms with Crippen molar-refractivity contribution >= 4 is 11.6 Å². The monoisotopic (exact) mass is 244 g/mol. The number of benzene rings is 1. The number of hydrogen-bond acceptors (Lipinski definition) is 3. The summed E-state index contributed by atoms with van der Waals surface area (Å²) in [5, 5.41) is 13.1. The molecule has 1 aliphatic heterocycles. The van der Waals surface area contributed by atoms with Crippen molar-refractivity contribution in [2.75, 3.05) is 26.2 Å². The number of aromatic hydroxyl groups is 1. The second-order valence-electron chi connectivity index (χ2n) is 3.92. The third-order valence-electron chi connectivity index (χ3n) is 2.71. The summed E-state index contributed by atoms with van der Waals surface area (Å²) in [6, 6.07) is 2.74. The third kappa shape index (κ3) is 2.64. The van der Waals surface area contributed by atoms with Crippen LogP contribution in [0.15, 0.2) is 12.1 Å². The van der Waals surface area contributed by atoms with Gasteiger partial charge in [-0.25, -0.2) is 4.39 Å². The van der Waals surface area contributed by atoms with Crippen molar-refractivity contribution in [2.24, 2.45) is 0 Å². The quantitative estimate of drug-likeness (QED) is 0.830. The van der Waals surface area contributed by atoms with Gasteiger partial charge in [0.15, 0.2) is 11.6 Å². The number of nitrogens with zero attached hydrogens (tertiary/aromatic N) is 1. The molecular formula is C11H14ClFN2O. The van der Waals surface area contributed by atoms with Gasteiger partial charge in [-0.3, -0.25) is 4.90 Å². The summed E-state index contributed by atoms with van der Waals surface area (Å²) < 4.78 is 13.2. The molecule has 0 saturated carbocycles. The van der Waals surface area contributed by atoms with E-state index >= 15 is 0 Å². The predicted molar refractivity (Wildman–Crippen MR) is 61.2 cm³/mol. The van der Waals surface area contributed by atoms with Crippen LogP contribution in [0.5, 0.6) is 5.75 Å². The Morgan fingerprint density at radius 2 is 2.06 bits per heavy atom. The molecule has 2 N–H and O–H groups in total. The highest BCUT2D eigenvalue weighted by molar-refractivity contribution is 6.30. The smallest absolute Gasteiger partial charge is 0.166 e. The summed E-state index contributed by atoms with van der Waals surface area (Å²) in [6.07, 6.45) is 0. The molecule has 88 valence electrons. The second kappa shape index (κ2) is 4.99. The normalized spacial score (nSPS) is 17.6. The molecule has 0 amide bonds. The van der Waals surface area contributed by atoms with Gasteiger partial charge < -0.3 is 10.4 Å². The molecule has 0 aliphatic carbocycles. The maximum absolute atomic E-state index is 13.2. The molecule has 1 saturated heterocycles. The lowest BCUT2D eigenvalue weighted by Crippen LogP contribution is -2.42. The maximum Gasteiger partial charge on any atom is 0.166 e. The topological polar surface area (TPSA) is 35.5 Å². The highest BCUT2D eigenvalue weighted by Gasteiger charge is 2.14. The number of rotatable bonds is 2. The fourth-order valence-electron chi connectivity index (χ4n) is 1.85. The zero-order chi connectivity index (χ0) is 11.5. The van der Waals surface area contributed by atoms with Crippen LogP contribution in [0.2, 0.25) is 5.02 Å². The Morgan fingerprint density at radius 1 is 1.38 bits per heavy atom. The first-order valence-electron chi connectivity index (χ1n) is 5.27. The van der Waals surface area contributed by atoms with Crippen LogP contribution >= 0.6 is 11.6 Å². The van der Waals surface area contributed by atoms with Gasteiger partial charge in [0.1, 0.15) is 0 Å². The van der Waals surface area contributed by atoms with Crippen LogP contribution in [0, 0.1) is 5.82 Å². The van der Waals surface area contributed by atoms with Gasteiger partial charge in [0.25, 0.3) is 0 Å². The molecule has 0 aromatic heterocycles. The van der Waals surface area contributed by atoms with E-state index in [-0.39, 0.29) is 5.75 Å². The first kappa shape index (κ1) is 11.6. The van der Waals surface area contributed by atoms with E-state index < -0.39 is 5.82 Å². The van der Waals surface area contributed by atoms with E-state index in [1.54, 1.807) is 6.07 Å². The Kier molecular flexibility index (Phi) is 3.63. The van der Waals surface area contributed by atoms with Crippen molar-refractivity contribution in [3.05, 3.63) is 28.5 Å². The Labute approximate surface area is 98.8 Å². The molecule has 0 spiro atoms. The Morgan fingerprint density at radius 3 is 2.75 bits per heavy atom. The summed E-state index contributed by atoms with van der Waals surface area (Å²) in [7, 11) is 0. The molecule has 0 bridgehead atoms. The van der Waals surface area contributed by atoms with Crippen LogP contribution in [0.1, 0.15) is 5.56 Å². The minimum atomic E-state index is -0.655. The maximum atomic E-state index is 13.2. The zero-order valence-corrected chi connectivity index (χ0v) is 9.60. The Bertz CT molecular complexity index is 380. The van der Waals surface area contributed by atoms with Crippen LogP contribution in [-0.2, 0) is 6.54 Å². The van der Waals surface area contributed by atoms with Gasteiger partial charge in [0.2, 0.25) is 0 Å². The van der Waals surface area contributed by atoms with Crippen LogP contribution in [0.25, 0.3) is 0 Å². The summed E-state index contributed by atoms with van der Waals surface area (Å²) in [5.74, 6) is -0.944. The summed E-state index contributed by atoms with van der Waals surface area (Å²) in [5.41, 5.74) is 0.548. The molecule has 1 aliphatic rings. The SMILES string of the molecule is Oc1c(F)cc(Cl)cc1CN1CCNCC1. The number of phenolic OH excluding ortho intramolecular Hbond substituents is 1. The van der Waals surface area contributed by atoms with E-state index in [2.05, 4.69) is 10.2 Å². The number of piperazine rings is 1. The molecule has 0 unspecified atom stereocenters. The van der Waals surface area contributed by atoms with E-state index in [9.17, 15) is 9.50 Å². The second-order valence-corrected chi connectivity index (χ2v) is 4.36. The first-order chi connectivity index (χ1) is 7.66. The minimum Gasteiger partial charge on any atom is -0.505 e. The molecule has 1 aromatic rings. The molecule has 2 rings (SSSR count). The lowest BCUT2D eigenvalue weighted by molar-refractivity contribution is 0.230. The largest absolute Gasteiger partial charge is 0.505 e. The molecule has 5 heteroatoms. The highest BCUT2D eigenvalue weighted by atomic mass is 35.5. The van der Waals surface area contributed by atoms with Crippen molar-refractivity contribution in [1.29, 1.82) is 0 Å². The molecule has 0 atom stereocenters. The number of halogens is 2. The molecule has 1 fully saturated rings. The van der Waals surface area contributed by atoms with E-state index in [1.165, 1.54) is 0 Å². The Balaban J connectivity index is 2.13. The summed E-state index contributed by atoms with van der Waals surface area (Å²) >= 11 is 5.76. The zero-order valence-electron chi connectivity index (χ0n) is 8.84. The van der Waals surface area contributed by atoms with Crippen molar-refractivity contribution in [3.8, 4) is 5.75 Å². The average molecular weight is 245 g/mol. The molecule has 3 nitrogen and oxygen atoms in total. The minimum absolute atomic E-state index is 0.289. The first-order valence-corrected chi connectivity index (χ1v) is 5.64. The van der Waals surface area contributed by atoms with Gasteiger partial charge in [-0.2, -0.15) is 0 Å². The average Bonchev–Trinajstić information content (AvgIpc) is 2.27. The van der Waals surface area contributed by atoms with E-state index in [1.807, 2.05) is 0 Å². The van der Waals surface area contributed by atoms with Crippen molar-refractivity contribution in [3.63, 3.8) is 0 Å². The van der Waals surface area contributed by atoms with E-state index in [0.717, 1.165) is 32.2 Å². The molecule has 0 radical (unpaired) electrons. The molecular weight excluding hydrogens is 231 g/mol. The Hall–Kier alpha value is -0.840.